The van der Waals surface area contributed by atoms with E-state index in [2.05, 4.69) is 41.5 Å². The molecule has 0 aromatic heterocycles. The maximum Gasteiger partial charge on any atom is 0.523 e. The van der Waals surface area contributed by atoms with Gasteiger partial charge in [-0.05, 0) is 20.8 Å². The number of alkyl halides is 3. The minimum absolute atomic E-state index is 0.647. The first-order chi connectivity index (χ1) is 7.99. The van der Waals surface area contributed by atoms with Crippen LogP contribution in [0.15, 0.2) is 18.2 Å². The second kappa shape index (κ2) is 6.71. The number of rotatable bonds is 1. The molecule has 104 valence electrons. The first-order valence-electron chi connectivity index (χ1n) is 4.66. The third-order valence-corrected chi connectivity index (χ3v) is 3.89. The van der Waals surface area contributed by atoms with Crippen LogP contribution in [-0.4, -0.2) is 13.9 Å². The van der Waals surface area contributed by atoms with Gasteiger partial charge in [0.15, 0.2) is 0 Å². The van der Waals surface area contributed by atoms with Crippen LogP contribution in [0.1, 0.15) is 16.7 Å². The van der Waals surface area contributed by atoms with Gasteiger partial charge in [0.05, 0.1) is 0 Å². The summed E-state index contributed by atoms with van der Waals surface area (Å²) in [6.07, 6.45) is 0. The lowest BCUT2D eigenvalue weighted by Crippen LogP contribution is -2.22. The Hall–Kier alpha value is -0.350. The van der Waals surface area contributed by atoms with Gasteiger partial charge in [-0.25, -0.2) is 0 Å². The molecule has 1 rings (SSSR count). The molecule has 0 saturated carbocycles. The predicted octanol–water partition coefficient (Wildman–Crippen LogP) is 3.81. The highest BCUT2D eigenvalue weighted by Crippen LogP contribution is 2.25. The van der Waals surface area contributed by atoms with E-state index in [9.17, 15) is 21.6 Å². The molecule has 18 heavy (non-hydrogen) atoms. The SMILES string of the molecule is Cc1cc(C)cc(C)c1.O=S(=O)(OI)C(F)(F)F. The second-order valence-corrected chi connectivity index (χ2v) is 6.20. The molecule has 0 atom stereocenters. The van der Waals surface area contributed by atoms with Crippen LogP contribution in [0.25, 0.3) is 0 Å². The lowest BCUT2D eigenvalue weighted by molar-refractivity contribution is -0.0487. The van der Waals surface area contributed by atoms with Crippen LogP contribution in [0.2, 0.25) is 0 Å². The number of hydrogen-bond acceptors (Lipinski definition) is 3. The Balaban J connectivity index is 0.000000321. The number of halogens is 4. The highest BCUT2D eigenvalue weighted by molar-refractivity contribution is 14.1. The molecule has 0 bridgehead atoms. The molecular weight excluding hydrogens is 384 g/mol. The van der Waals surface area contributed by atoms with E-state index in [4.69, 9.17) is 0 Å². The van der Waals surface area contributed by atoms with Crippen molar-refractivity contribution in [3.05, 3.63) is 34.9 Å². The van der Waals surface area contributed by atoms with Gasteiger partial charge in [0.1, 0.15) is 23.0 Å². The Morgan fingerprint density at radius 3 is 1.39 bits per heavy atom. The van der Waals surface area contributed by atoms with Crippen molar-refractivity contribution in [3.8, 4) is 0 Å². The summed E-state index contributed by atoms with van der Waals surface area (Å²) in [4.78, 5) is 0. The fraction of sp³-hybridized carbons (Fsp3) is 0.400. The fourth-order valence-corrected chi connectivity index (χ4v) is 1.92. The highest BCUT2D eigenvalue weighted by atomic mass is 127. The zero-order chi connectivity index (χ0) is 14.6. The topological polar surface area (TPSA) is 43.4 Å². The van der Waals surface area contributed by atoms with Crippen molar-refractivity contribution in [1.29, 1.82) is 0 Å². The average Bonchev–Trinajstić information content (AvgIpc) is 2.14. The Kier molecular flexibility index (Phi) is 6.58. The molecule has 1 aromatic rings. The zero-order valence-electron chi connectivity index (χ0n) is 9.88. The van der Waals surface area contributed by atoms with Gasteiger partial charge < -0.3 is 0 Å². The lowest BCUT2D eigenvalue weighted by atomic mass is 10.1. The van der Waals surface area contributed by atoms with Gasteiger partial charge >= 0.3 is 15.6 Å². The Bertz CT molecular complexity index is 447. The molecular formula is C10H12F3IO3S. The summed E-state index contributed by atoms with van der Waals surface area (Å²) in [6, 6.07) is 6.56. The summed E-state index contributed by atoms with van der Waals surface area (Å²) in [5, 5.41) is 0. The third kappa shape index (κ3) is 6.01. The smallest absolute Gasteiger partial charge is 0.192 e. The molecule has 0 spiro atoms. The first kappa shape index (κ1) is 17.6. The molecule has 3 nitrogen and oxygen atoms in total. The molecule has 0 amide bonds. The molecule has 0 fully saturated rings. The molecule has 0 saturated heterocycles. The molecule has 0 N–H and O–H groups in total. The van der Waals surface area contributed by atoms with E-state index in [1.807, 2.05) is 0 Å². The van der Waals surface area contributed by atoms with Crippen LogP contribution in [0.3, 0.4) is 0 Å². The maximum absolute atomic E-state index is 11.1. The van der Waals surface area contributed by atoms with Gasteiger partial charge in [0.2, 0.25) is 0 Å². The quantitative estimate of drug-likeness (QED) is 0.536. The van der Waals surface area contributed by atoms with Gasteiger partial charge in [-0.15, -0.1) is 0 Å². The largest absolute Gasteiger partial charge is 0.523 e. The van der Waals surface area contributed by atoms with Crippen molar-refractivity contribution >= 4 is 33.1 Å². The van der Waals surface area contributed by atoms with Gasteiger partial charge in [-0.2, -0.15) is 24.1 Å². The first-order valence-corrected chi connectivity index (χ1v) is 6.95. The van der Waals surface area contributed by atoms with Crippen LogP contribution >= 0.6 is 23.0 Å². The van der Waals surface area contributed by atoms with E-state index in [0.29, 0.717) is 23.0 Å². The van der Waals surface area contributed by atoms with Crippen LogP contribution in [0.5, 0.6) is 0 Å². The summed E-state index contributed by atoms with van der Waals surface area (Å²) < 4.78 is 55.8. The Morgan fingerprint density at radius 2 is 1.28 bits per heavy atom. The second-order valence-electron chi connectivity index (χ2n) is 3.63. The third-order valence-electron chi connectivity index (χ3n) is 1.73. The minimum atomic E-state index is -5.35. The van der Waals surface area contributed by atoms with Crippen LogP contribution in [0.4, 0.5) is 13.2 Å². The van der Waals surface area contributed by atoms with Crippen molar-refractivity contribution in [2.75, 3.05) is 0 Å². The maximum atomic E-state index is 11.1. The van der Waals surface area contributed by atoms with E-state index < -0.39 is 15.6 Å². The Labute approximate surface area is 118 Å². The molecule has 0 unspecified atom stereocenters. The molecule has 0 heterocycles. The van der Waals surface area contributed by atoms with Gasteiger partial charge in [-0.3, -0.25) is 0 Å². The van der Waals surface area contributed by atoms with Gasteiger partial charge in [0, 0.05) is 0 Å². The fourth-order valence-electron chi connectivity index (χ4n) is 1.24. The van der Waals surface area contributed by atoms with Crippen molar-refractivity contribution in [2.45, 2.75) is 26.3 Å². The van der Waals surface area contributed by atoms with Crippen molar-refractivity contribution < 1.29 is 24.1 Å². The van der Waals surface area contributed by atoms with Crippen molar-refractivity contribution in [1.82, 2.24) is 0 Å². The molecule has 1 aromatic carbocycles. The summed E-state index contributed by atoms with van der Waals surface area (Å²) >= 11 is 0.647. The number of aryl methyl sites for hydroxylation is 3. The van der Waals surface area contributed by atoms with E-state index in [0.717, 1.165) is 0 Å². The average molecular weight is 396 g/mol. The monoisotopic (exact) mass is 396 g/mol. The van der Waals surface area contributed by atoms with E-state index >= 15 is 0 Å². The van der Waals surface area contributed by atoms with Crippen molar-refractivity contribution in [2.24, 2.45) is 0 Å². The van der Waals surface area contributed by atoms with E-state index in [-0.39, 0.29) is 0 Å². The van der Waals surface area contributed by atoms with Crippen molar-refractivity contribution in [3.63, 3.8) is 0 Å². The number of benzene rings is 1. The summed E-state index contributed by atoms with van der Waals surface area (Å²) in [5.74, 6) is 0. The molecule has 0 aliphatic rings. The van der Waals surface area contributed by atoms with Gasteiger partial charge in [-0.1, -0.05) is 34.9 Å². The van der Waals surface area contributed by atoms with E-state index in [1.54, 1.807) is 0 Å². The number of hydrogen-bond donors (Lipinski definition) is 0. The van der Waals surface area contributed by atoms with Crippen LogP contribution in [0, 0.1) is 20.8 Å². The molecule has 0 aliphatic carbocycles. The van der Waals surface area contributed by atoms with Crippen LogP contribution < -0.4 is 0 Å². The van der Waals surface area contributed by atoms with E-state index in [1.165, 1.54) is 16.7 Å². The Morgan fingerprint density at radius 1 is 1.00 bits per heavy atom. The molecule has 0 radical (unpaired) electrons. The highest BCUT2D eigenvalue weighted by Gasteiger charge is 2.47. The summed E-state index contributed by atoms with van der Waals surface area (Å²) in [6.45, 7) is 6.38. The minimum Gasteiger partial charge on any atom is -0.192 e. The van der Waals surface area contributed by atoms with Crippen LogP contribution in [-0.2, 0) is 12.6 Å². The molecule has 0 aliphatic heterocycles. The normalized spacial score (nSPS) is 11.7. The standard InChI is InChI=1S/C9H12.CF3IO3S/c1-7-4-8(2)6-9(3)5-7;2-1(3,4)9(6,7)8-5/h4-6H,1-3H3;. The summed E-state index contributed by atoms with van der Waals surface area (Å²) in [5.41, 5.74) is -1.25. The van der Waals surface area contributed by atoms with Gasteiger partial charge in [0.25, 0.3) is 0 Å². The zero-order valence-corrected chi connectivity index (χ0v) is 12.9. The lowest BCUT2D eigenvalue weighted by Gasteiger charge is -2.01. The predicted molar refractivity (Wildman–Crippen MR) is 70.7 cm³/mol. The molecule has 8 heteroatoms. The summed E-state index contributed by atoms with van der Waals surface area (Å²) in [7, 11) is -5.35.